The van der Waals surface area contributed by atoms with Crippen molar-refractivity contribution in [3.63, 3.8) is 0 Å². The molecule has 0 aliphatic rings. The van der Waals surface area contributed by atoms with Gasteiger partial charge in [0.15, 0.2) is 0 Å². The fourth-order valence-corrected chi connectivity index (χ4v) is 1.37. The van der Waals surface area contributed by atoms with Gasteiger partial charge in [-0.2, -0.15) is 0 Å². The third-order valence-electron chi connectivity index (χ3n) is 1.15. The molecule has 0 fully saturated rings. The molecule has 0 amide bonds. The van der Waals surface area contributed by atoms with Gasteiger partial charge >= 0.3 is 0 Å². The van der Waals surface area contributed by atoms with Gasteiger partial charge in [-0.05, 0) is 11.4 Å². The summed E-state index contributed by atoms with van der Waals surface area (Å²) in [4.78, 5) is 10.7. The number of rotatable bonds is 3. The van der Waals surface area contributed by atoms with Crippen LogP contribution in [0.4, 0.5) is 0 Å². The van der Waals surface area contributed by atoms with Gasteiger partial charge in [0.2, 0.25) is 6.29 Å². The van der Waals surface area contributed by atoms with Crippen LogP contribution in [0.2, 0.25) is 0 Å². The maximum Gasteiger partial charge on any atom is 0.201 e. The monoisotopic (exact) mass is 155 g/mol. The molecule has 1 radical (unpaired) electrons. The summed E-state index contributed by atoms with van der Waals surface area (Å²) in [6.45, 7) is 0. The van der Waals surface area contributed by atoms with Crippen LogP contribution >= 0.6 is 11.3 Å². The molecule has 10 heavy (non-hydrogen) atoms. The second kappa shape index (κ2) is 3.49. The largest absolute Gasteiger partial charge is 0.387 e. The van der Waals surface area contributed by atoms with Crippen LogP contribution in [0.3, 0.4) is 0 Å². The first-order valence-electron chi connectivity index (χ1n) is 2.91. The fraction of sp³-hybridized carbons (Fsp3) is 0.286. The molecular weight excluding hydrogens is 148 g/mol. The molecule has 0 aromatic carbocycles. The van der Waals surface area contributed by atoms with Crippen LogP contribution in [-0.4, -0.2) is 11.4 Å². The topological polar surface area (TPSA) is 37.3 Å². The molecular formula is C7H7O2S. The minimum atomic E-state index is -0.655. The highest BCUT2D eigenvalue weighted by Gasteiger charge is 2.06. The summed E-state index contributed by atoms with van der Waals surface area (Å²) in [7, 11) is 0. The molecule has 3 heteroatoms. The summed E-state index contributed by atoms with van der Waals surface area (Å²) in [5.74, 6) is 0. The Balaban J connectivity index is 2.58. The molecule has 0 aliphatic heterocycles. The first kappa shape index (κ1) is 7.44. The third kappa shape index (κ3) is 1.65. The normalized spacial score (nSPS) is 12.9. The quantitative estimate of drug-likeness (QED) is 0.714. The molecule has 1 unspecified atom stereocenters. The van der Waals surface area contributed by atoms with Gasteiger partial charge in [0, 0.05) is 11.3 Å². The van der Waals surface area contributed by atoms with Crippen molar-refractivity contribution in [3.8, 4) is 0 Å². The van der Waals surface area contributed by atoms with E-state index in [4.69, 9.17) is 5.11 Å². The maximum absolute atomic E-state index is 9.83. The van der Waals surface area contributed by atoms with Crippen LogP contribution in [0.15, 0.2) is 17.5 Å². The molecule has 0 saturated heterocycles. The van der Waals surface area contributed by atoms with Gasteiger partial charge in [-0.1, -0.05) is 6.07 Å². The highest BCUT2D eigenvalue weighted by atomic mass is 32.1. The summed E-state index contributed by atoms with van der Waals surface area (Å²) in [5.41, 5.74) is 0. The van der Waals surface area contributed by atoms with E-state index in [1.165, 1.54) is 11.3 Å². The van der Waals surface area contributed by atoms with E-state index in [-0.39, 0.29) is 6.42 Å². The van der Waals surface area contributed by atoms with Crippen molar-refractivity contribution in [3.05, 3.63) is 22.4 Å². The predicted octanol–water partition coefficient (Wildman–Crippen LogP) is 1.28. The van der Waals surface area contributed by atoms with Gasteiger partial charge in [0.1, 0.15) is 0 Å². The van der Waals surface area contributed by atoms with Crippen LogP contribution in [0.1, 0.15) is 17.4 Å². The highest BCUT2D eigenvalue weighted by Crippen LogP contribution is 2.20. The van der Waals surface area contributed by atoms with Gasteiger partial charge in [-0.3, -0.25) is 4.79 Å². The zero-order valence-electron chi connectivity index (χ0n) is 5.28. The third-order valence-corrected chi connectivity index (χ3v) is 2.12. The molecule has 0 bridgehead atoms. The summed E-state index contributed by atoms with van der Waals surface area (Å²) in [6.07, 6.45) is 1.08. The standard InChI is InChI=1S/C7H7O2S/c8-4-3-6(9)7-2-1-5-10-7/h1-2,5-6,9H,3H2. The van der Waals surface area contributed by atoms with Gasteiger partial charge in [-0.25, -0.2) is 0 Å². The molecule has 53 valence electrons. The number of hydrogen-bond donors (Lipinski definition) is 1. The lowest BCUT2D eigenvalue weighted by molar-refractivity contribution is 0.189. The van der Waals surface area contributed by atoms with Crippen LogP contribution in [0.25, 0.3) is 0 Å². The molecule has 1 atom stereocenters. The smallest absolute Gasteiger partial charge is 0.201 e. The molecule has 0 spiro atoms. The number of aliphatic hydroxyl groups is 1. The number of hydrogen-bond acceptors (Lipinski definition) is 3. The number of carbonyl (C=O) groups excluding carboxylic acids is 1. The lowest BCUT2D eigenvalue weighted by Gasteiger charge is -2.00. The van der Waals surface area contributed by atoms with E-state index >= 15 is 0 Å². The van der Waals surface area contributed by atoms with Crippen LogP contribution in [-0.2, 0) is 4.79 Å². The van der Waals surface area contributed by atoms with E-state index in [9.17, 15) is 4.79 Å². The van der Waals surface area contributed by atoms with Crippen LogP contribution in [0, 0.1) is 0 Å². The van der Waals surface area contributed by atoms with E-state index in [1.807, 2.05) is 11.4 Å². The van der Waals surface area contributed by atoms with Gasteiger partial charge in [0.25, 0.3) is 0 Å². The SMILES string of the molecule is O=[C]CC(O)c1cccs1. The Bertz CT molecular complexity index is 193. The van der Waals surface area contributed by atoms with Crippen molar-refractivity contribution < 1.29 is 9.90 Å². The Labute approximate surface area is 63.1 Å². The van der Waals surface area contributed by atoms with E-state index in [2.05, 4.69) is 0 Å². The highest BCUT2D eigenvalue weighted by molar-refractivity contribution is 7.10. The van der Waals surface area contributed by atoms with E-state index in [1.54, 1.807) is 12.4 Å². The van der Waals surface area contributed by atoms with Crippen molar-refractivity contribution >= 4 is 17.6 Å². The zero-order valence-corrected chi connectivity index (χ0v) is 6.10. The summed E-state index contributed by atoms with van der Waals surface area (Å²) >= 11 is 1.44. The molecule has 0 saturated carbocycles. The van der Waals surface area contributed by atoms with Gasteiger partial charge in [-0.15, -0.1) is 11.3 Å². The predicted molar refractivity (Wildman–Crippen MR) is 39.6 cm³/mol. The summed E-state index contributed by atoms with van der Waals surface area (Å²) < 4.78 is 0. The molecule has 1 N–H and O–H groups in total. The minimum absolute atomic E-state index is 0.0700. The Morgan fingerprint density at radius 3 is 3.10 bits per heavy atom. The molecule has 1 heterocycles. The molecule has 2 nitrogen and oxygen atoms in total. The average Bonchev–Trinajstić information content (AvgIpc) is 2.38. The number of thiophene rings is 1. The van der Waals surface area contributed by atoms with Crippen molar-refractivity contribution in [1.29, 1.82) is 0 Å². The molecule has 1 rings (SSSR count). The average molecular weight is 155 g/mol. The van der Waals surface area contributed by atoms with Gasteiger partial charge in [0.05, 0.1) is 6.10 Å². The maximum atomic E-state index is 9.83. The molecule has 1 aromatic rings. The lowest BCUT2D eigenvalue weighted by Crippen LogP contribution is -1.93. The van der Waals surface area contributed by atoms with E-state index in [0.717, 1.165) is 4.88 Å². The zero-order chi connectivity index (χ0) is 7.40. The number of aliphatic hydroxyl groups excluding tert-OH is 1. The Hall–Kier alpha value is -0.670. The Morgan fingerprint density at radius 2 is 2.60 bits per heavy atom. The van der Waals surface area contributed by atoms with E-state index < -0.39 is 6.10 Å². The first-order chi connectivity index (χ1) is 4.84. The first-order valence-corrected chi connectivity index (χ1v) is 3.79. The summed E-state index contributed by atoms with van der Waals surface area (Å²) in [6, 6.07) is 3.64. The van der Waals surface area contributed by atoms with Crippen LogP contribution in [0.5, 0.6) is 0 Å². The van der Waals surface area contributed by atoms with E-state index in [0.29, 0.717) is 0 Å². The van der Waals surface area contributed by atoms with Crippen molar-refractivity contribution in [2.45, 2.75) is 12.5 Å². The Morgan fingerprint density at radius 1 is 1.80 bits per heavy atom. The lowest BCUT2D eigenvalue weighted by atomic mass is 10.2. The van der Waals surface area contributed by atoms with Gasteiger partial charge < -0.3 is 5.11 Å². The van der Waals surface area contributed by atoms with Crippen LogP contribution < -0.4 is 0 Å². The Kier molecular flexibility index (Phi) is 2.59. The van der Waals surface area contributed by atoms with Crippen molar-refractivity contribution in [2.24, 2.45) is 0 Å². The van der Waals surface area contributed by atoms with Crippen molar-refractivity contribution in [1.82, 2.24) is 0 Å². The summed E-state index contributed by atoms with van der Waals surface area (Å²) in [5, 5.41) is 11.0. The molecule has 1 aromatic heterocycles. The minimum Gasteiger partial charge on any atom is -0.387 e. The second-order valence-corrected chi connectivity index (χ2v) is 2.86. The van der Waals surface area contributed by atoms with Crippen molar-refractivity contribution in [2.75, 3.05) is 0 Å². The fourth-order valence-electron chi connectivity index (χ4n) is 0.660. The molecule has 0 aliphatic carbocycles. The second-order valence-electron chi connectivity index (χ2n) is 1.88.